The summed E-state index contributed by atoms with van der Waals surface area (Å²) in [6.07, 6.45) is 21.2. The van der Waals surface area contributed by atoms with Gasteiger partial charge >= 0.3 is 0 Å². The Morgan fingerprint density at radius 1 is 0.600 bits per heavy atom. The lowest BCUT2D eigenvalue weighted by Crippen LogP contribution is -2.63. The van der Waals surface area contributed by atoms with Crippen LogP contribution in [0.15, 0.2) is 81.5 Å². The molecule has 0 spiro atoms. The van der Waals surface area contributed by atoms with E-state index in [-0.39, 0.29) is 56.1 Å². The summed E-state index contributed by atoms with van der Waals surface area (Å²) in [6.45, 7) is 42.5. The lowest BCUT2D eigenvalue weighted by Gasteiger charge is -2.53. The standard InChI is InChI=1S/C61H81BN2O/c1-36-30-47-50-48(31-36)64(38-19-21-40-42(33-38)57(8,9)25-23-55(40,4)5)53-51(49-52(65-53)61(16,17)29-28-60(49,14)15)62(50)45-34-43-44(59(12,13)27-26-58(43,10)11)35-46(45)63(47)37-18-20-39-41(32-37)56(6,7)24-22-54(39,2)3/h18-21,30,32-35,39,41,48H,22-29,31H2,1-17H3. The van der Waals surface area contributed by atoms with Crippen LogP contribution in [-0.2, 0) is 32.5 Å². The molecule has 1 aromatic heterocycles. The molecule has 0 radical (unpaired) electrons. The quantitative estimate of drug-likeness (QED) is 0.239. The average molecular weight is 869 g/mol. The van der Waals surface area contributed by atoms with Crippen LogP contribution in [0.1, 0.15) is 209 Å². The van der Waals surface area contributed by atoms with E-state index < -0.39 is 0 Å². The van der Waals surface area contributed by atoms with E-state index in [1.165, 1.54) is 100 Å². The molecule has 0 saturated heterocycles. The van der Waals surface area contributed by atoms with Crippen LogP contribution in [0.3, 0.4) is 0 Å². The number of furan rings is 1. The second-order valence-corrected chi connectivity index (χ2v) is 28.2. The van der Waals surface area contributed by atoms with Crippen LogP contribution in [0.25, 0.3) is 0 Å². The van der Waals surface area contributed by atoms with Crippen molar-refractivity contribution in [3.05, 3.63) is 111 Å². The van der Waals surface area contributed by atoms with Crippen LogP contribution in [-0.4, -0.2) is 12.8 Å². The molecule has 0 bridgehead atoms. The first-order valence-electron chi connectivity index (χ1n) is 26.0. The molecular weight excluding hydrogens is 787 g/mol. The predicted molar refractivity (Wildman–Crippen MR) is 277 cm³/mol. The van der Waals surface area contributed by atoms with Crippen LogP contribution >= 0.6 is 0 Å². The molecule has 344 valence electrons. The molecular formula is C61H81BN2O. The average Bonchev–Trinajstić information content (AvgIpc) is 3.64. The number of fused-ring (bicyclic) bond motifs is 9. The monoisotopic (exact) mass is 869 g/mol. The van der Waals surface area contributed by atoms with Gasteiger partial charge < -0.3 is 14.2 Å². The number of hydrogen-bond donors (Lipinski definition) is 0. The summed E-state index contributed by atoms with van der Waals surface area (Å²) in [5, 5.41) is 0. The second-order valence-electron chi connectivity index (χ2n) is 28.2. The highest BCUT2D eigenvalue weighted by molar-refractivity contribution is 6.94. The summed E-state index contributed by atoms with van der Waals surface area (Å²) in [6, 6.07) is 13.2. The van der Waals surface area contributed by atoms with E-state index in [1.807, 2.05) is 0 Å². The third kappa shape index (κ3) is 6.18. The maximum absolute atomic E-state index is 7.75. The van der Waals surface area contributed by atoms with E-state index >= 15 is 0 Å². The molecule has 3 nitrogen and oxygen atoms in total. The van der Waals surface area contributed by atoms with E-state index in [2.05, 4.69) is 182 Å². The molecule has 4 heteroatoms. The highest BCUT2D eigenvalue weighted by Crippen LogP contribution is 2.59. The van der Waals surface area contributed by atoms with Gasteiger partial charge in [-0.2, -0.15) is 0 Å². The summed E-state index contributed by atoms with van der Waals surface area (Å²) in [5.41, 5.74) is 19.8. The Balaban J connectivity index is 1.25. The molecule has 3 heterocycles. The summed E-state index contributed by atoms with van der Waals surface area (Å²) >= 11 is 0. The number of nitrogens with zero attached hydrogens (tertiary/aromatic N) is 2. The van der Waals surface area contributed by atoms with Crippen LogP contribution in [0, 0.1) is 22.7 Å². The summed E-state index contributed by atoms with van der Waals surface area (Å²) in [4.78, 5) is 5.53. The van der Waals surface area contributed by atoms with Crippen molar-refractivity contribution in [2.75, 3.05) is 9.80 Å². The minimum atomic E-state index is -0.0630. The van der Waals surface area contributed by atoms with E-state index in [9.17, 15) is 0 Å². The molecule has 6 aliphatic carbocycles. The minimum Gasteiger partial charge on any atom is -0.445 e. The van der Waals surface area contributed by atoms with Crippen molar-refractivity contribution in [3.63, 3.8) is 0 Å². The first-order valence-corrected chi connectivity index (χ1v) is 26.0. The molecule has 65 heavy (non-hydrogen) atoms. The molecule has 0 N–H and O–H groups in total. The van der Waals surface area contributed by atoms with Crippen molar-refractivity contribution in [2.24, 2.45) is 22.7 Å². The molecule has 3 atom stereocenters. The van der Waals surface area contributed by atoms with Crippen LogP contribution in [0.5, 0.6) is 0 Å². The topological polar surface area (TPSA) is 19.6 Å². The Morgan fingerprint density at radius 2 is 1.15 bits per heavy atom. The van der Waals surface area contributed by atoms with E-state index in [0.29, 0.717) is 11.8 Å². The number of rotatable bonds is 2. The zero-order valence-corrected chi connectivity index (χ0v) is 43.7. The van der Waals surface area contributed by atoms with Crippen LogP contribution in [0.2, 0.25) is 0 Å². The highest BCUT2D eigenvalue weighted by atomic mass is 16.4. The van der Waals surface area contributed by atoms with Gasteiger partial charge in [0, 0.05) is 28.2 Å². The van der Waals surface area contributed by atoms with Gasteiger partial charge in [-0.1, -0.05) is 141 Å². The first kappa shape index (κ1) is 43.9. The third-order valence-corrected chi connectivity index (χ3v) is 19.9. The Kier molecular flexibility index (Phi) is 8.99. The molecule has 0 amide bonds. The molecule has 1 saturated carbocycles. The van der Waals surface area contributed by atoms with Gasteiger partial charge in [0.05, 0.1) is 6.04 Å². The van der Waals surface area contributed by atoms with E-state index in [4.69, 9.17) is 4.42 Å². The summed E-state index contributed by atoms with van der Waals surface area (Å²) in [7, 11) is 0. The van der Waals surface area contributed by atoms with Crippen LogP contribution in [0.4, 0.5) is 17.3 Å². The van der Waals surface area contributed by atoms with Gasteiger partial charge in [0.25, 0.3) is 6.71 Å². The zero-order valence-electron chi connectivity index (χ0n) is 43.7. The van der Waals surface area contributed by atoms with Gasteiger partial charge in [-0.25, -0.2) is 0 Å². The van der Waals surface area contributed by atoms with Crippen molar-refractivity contribution >= 4 is 34.9 Å². The smallest absolute Gasteiger partial charge is 0.252 e. The van der Waals surface area contributed by atoms with Crippen molar-refractivity contribution in [2.45, 2.75) is 214 Å². The fraction of sp³-hybridized carbons (Fsp3) is 0.607. The molecule has 8 aliphatic rings. The largest absolute Gasteiger partial charge is 0.445 e. The van der Waals surface area contributed by atoms with Gasteiger partial charge in [-0.3, -0.25) is 0 Å². The second kappa shape index (κ2) is 13.3. The van der Waals surface area contributed by atoms with Crippen molar-refractivity contribution < 1.29 is 4.42 Å². The summed E-state index contributed by atoms with van der Waals surface area (Å²) < 4.78 is 7.75. The molecule has 2 aromatic carbocycles. The van der Waals surface area contributed by atoms with Gasteiger partial charge in [0.1, 0.15) is 5.76 Å². The number of allylic oxidation sites excluding steroid dienone is 4. The van der Waals surface area contributed by atoms with Gasteiger partial charge in [0.2, 0.25) is 0 Å². The minimum absolute atomic E-state index is 0.0285. The van der Waals surface area contributed by atoms with E-state index in [1.54, 1.807) is 16.6 Å². The number of benzene rings is 2. The van der Waals surface area contributed by atoms with Crippen molar-refractivity contribution in [1.82, 2.24) is 0 Å². The lowest BCUT2D eigenvalue weighted by atomic mass is 9.30. The van der Waals surface area contributed by atoms with Crippen LogP contribution < -0.4 is 20.7 Å². The first-order chi connectivity index (χ1) is 30.1. The van der Waals surface area contributed by atoms with Crippen molar-refractivity contribution in [1.29, 1.82) is 0 Å². The Bertz CT molecular complexity index is 2700. The van der Waals surface area contributed by atoms with Crippen molar-refractivity contribution in [3.8, 4) is 0 Å². The SMILES string of the molecule is CC1=CC2=C3B(c4cc5c(cc4N2C2=CC4C(C=C2)C(C)(C)CCC4(C)C)C(C)(C)CCC5(C)C)c2c(oc4c2C(C)(C)CCC4(C)C)N(c2ccc4c(c2)C(C)(C)CCC4(C)C)C3C1. The zero-order chi connectivity index (χ0) is 46.6. The van der Waals surface area contributed by atoms with Gasteiger partial charge in [-0.05, 0) is 189 Å². The molecule has 2 aliphatic heterocycles. The Hall–Kier alpha value is -3.66. The molecule has 1 fully saturated rings. The normalized spacial score (nSPS) is 29.6. The Morgan fingerprint density at radius 3 is 1.80 bits per heavy atom. The summed E-state index contributed by atoms with van der Waals surface area (Å²) in [5.74, 6) is 3.33. The molecule has 11 rings (SSSR count). The fourth-order valence-electron chi connectivity index (χ4n) is 15.0. The Labute approximate surface area is 394 Å². The maximum Gasteiger partial charge on any atom is 0.252 e. The third-order valence-electron chi connectivity index (χ3n) is 19.9. The number of anilines is 3. The number of hydrogen-bond acceptors (Lipinski definition) is 3. The van der Waals surface area contributed by atoms with Gasteiger partial charge in [0.15, 0.2) is 5.88 Å². The van der Waals surface area contributed by atoms with E-state index in [0.717, 1.165) is 25.1 Å². The fourth-order valence-corrected chi connectivity index (χ4v) is 15.0. The molecule has 3 unspecified atom stereocenters. The lowest BCUT2D eigenvalue weighted by molar-refractivity contribution is 0.0326. The predicted octanol–water partition coefficient (Wildman–Crippen LogP) is 15.0. The maximum atomic E-state index is 7.75. The highest BCUT2D eigenvalue weighted by Gasteiger charge is 2.57. The molecule has 3 aromatic rings. The van der Waals surface area contributed by atoms with Gasteiger partial charge in [-0.15, -0.1) is 0 Å².